The lowest BCUT2D eigenvalue weighted by Gasteiger charge is -2.09. The Balaban J connectivity index is 2.16. The third kappa shape index (κ3) is 2.91. The summed E-state index contributed by atoms with van der Waals surface area (Å²) in [5.41, 5.74) is 4.74. The minimum absolute atomic E-state index is 0.277. The van der Waals surface area contributed by atoms with Crippen LogP contribution in [0.2, 0.25) is 0 Å². The summed E-state index contributed by atoms with van der Waals surface area (Å²) < 4.78 is 42.3. The van der Waals surface area contributed by atoms with Gasteiger partial charge in [-0.15, -0.1) is 0 Å². The molecule has 0 aliphatic heterocycles. The molecule has 0 spiro atoms. The maximum atomic E-state index is 12.3. The van der Waals surface area contributed by atoms with E-state index in [0.29, 0.717) is 11.5 Å². The van der Waals surface area contributed by atoms with E-state index < -0.39 is 11.7 Å². The first-order valence-electron chi connectivity index (χ1n) is 5.02. The van der Waals surface area contributed by atoms with Gasteiger partial charge < -0.3 is 10.5 Å². The van der Waals surface area contributed by atoms with E-state index in [1.807, 2.05) is 0 Å². The van der Waals surface area contributed by atoms with Gasteiger partial charge in [-0.05, 0) is 30.3 Å². The molecule has 1 aromatic heterocycles. The normalized spacial score (nSPS) is 11.3. The van der Waals surface area contributed by atoms with E-state index in [2.05, 4.69) is 4.98 Å². The highest BCUT2D eigenvalue weighted by atomic mass is 19.4. The molecule has 2 N–H and O–H groups in total. The van der Waals surface area contributed by atoms with Gasteiger partial charge in [0.05, 0.1) is 5.56 Å². The van der Waals surface area contributed by atoms with E-state index in [1.54, 1.807) is 6.07 Å². The fraction of sp³-hybridized carbons (Fsp3) is 0.0833. The van der Waals surface area contributed by atoms with Crippen LogP contribution in [-0.4, -0.2) is 4.98 Å². The van der Waals surface area contributed by atoms with Gasteiger partial charge in [-0.25, -0.2) is 4.98 Å². The Morgan fingerprint density at radius 3 is 2.22 bits per heavy atom. The van der Waals surface area contributed by atoms with Crippen LogP contribution in [-0.2, 0) is 6.18 Å². The molecule has 0 bridgehead atoms. The molecule has 0 fully saturated rings. The summed E-state index contributed by atoms with van der Waals surface area (Å²) in [6, 6.07) is 7.46. The number of rotatable bonds is 2. The highest BCUT2D eigenvalue weighted by Gasteiger charge is 2.30. The van der Waals surface area contributed by atoms with Gasteiger partial charge >= 0.3 is 6.18 Å². The monoisotopic (exact) mass is 254 g/mol. The van der Waals surface area contributed by atoms with Crippen molar-refractivity contribution >= 4 is 5.82 Å². The Bertz CT molecular complexity index is 538. The molecular weight excluding hydrogens is 245 g/mol. The molecule has 6 heteroatoms. The topological polar surface area (TPSA) is 48.1 Å². The Kier molecular flexibility index (Phi) is 3.10. The number of ether oxygens (including phenoxy) is 1. The molecule has 0 aliphatic carbocycles. The molecule has 1 heterocycles. The Morgan fingerprint density at radius 1 is 1.00 bits per heavy atom. The van der Waals surface area contributed by atoms with Crippen molar-refractivity contribution in [3.8, 4) is 11.5 Å². The predicted octanol–water partition coefficient (Wildman–Crippen LogP) is 3.47. The van der Waals surface area contributed by atoms with Crippen LogP contribution in [0.15, 0.2) is 42.6 Å². The second-order valence-corrected chi connectivity index (χ2v) is 3.54. The number of hydrogen-bond acceptors (Lipinski definition) is 3. The molecule has 0 atom stereocenters. The van der Waals surface area contributed by atoms with Crippen molar-refractivity contribution in [3.05, 3.63) is 48.2 Å². The van der Waals surface area contributed by atoms with E-state index in [4.69, 9.17) is 10.5 Å². The fourth-order valence-corrected chi connectivity index (χ4v) is 1.34. The maximum absolute atomic E-state index is 12.3. The van der Waals surface area contributed by atoms with Gasteiger partial charge in [-0.2, -0.15) is 13.2 Å². The lowest BCUT2D eigenvalue weighted by molar-refractivity contribution is -0.137. The molecule has 94 valence electrons. The molecule has 2 rings (SSSR count). The van der Waals surface area contributed by atoms with Crippen molar-refractivity contribution in [3.63, 3.8) is 0 Å². The van der Waals surface area contributed by atoms with Crippen LogP contribution in [0.25, 0.3) is 0 Å². The highest BCUT2D eigenvalue weighted by molar-refractivity contribution is 5.39. The lowest BCUT2D eigenvalue weighted by atomic mass is 10.2. The zero-order valence-electron chi connectivity index (χ0n) is 9.11. The summed E-state index contributed by atoms with van der Waals surface area (Å²) in [4.78, 5) is 3.78. The van der Waals surface area contributed by atoms with Crippen LogP contribution in [0.5, 0.6) is 11.5 Å². The number of pyridine rings is 1. The number of nitrogens with zero attached hydrogens (tertiary/aromatic N) is 1. The van der Waals surface area contributed by atoms with Crippen molar-refractivity contribution < 1.29 is 17.9 Å². The van der Waals surface area contributed by atoms with Crippen LogP contribution < -0.4 is 10.5 Å². The number of aromatic nitrogens is 1. The van der Waals surface area contributed by atoms with Gasteiger partial charge in [0.1, 0.15) is 17.3 Å². The Morgan fingerprint density at radius 2 is 1.67 bits per heavy atom. The first-order valence-corrected chi connectivity index (χ1v) is 5.02. The summed E-state index contributed by atoms with van der Waals surface area (Å²) in [5.74, 6) is 0.996. The van der Waals surface area contributed by atoms with Crippen molar-refractivity contribution in [1.82, 2.24) is 4.98 Å². The molecule has 0 radical (unpaired) electrons. The van der Waals surface area contributed by atoms with Crippen LogP contribution in [0.1, 0.15) is 5.56 Å². The largest absolute Gasteiger partial charge is 0.457 e. The Labute approximate surface area is 101 Å². The Hall–Kier alpha value is -2.24. The van der Waals surface area contributed by atoms with Crippen molar-refractivity contribution in [1.29, 1.82) is 0 Å². The molecular formula is C12H9F3N2O. The molecule has 0 saturated carbocycles. The average molecular weight is 254 g/mol. The van der Waals surface area contributed by atoms with Crippen molar-refractivity contribution in [2.24, 2.45) is 0 Å². The third-order valence-electron chi connectivity index (χ3n) is 2.17. The molecule has 1 aromatic carbocycles. The molecule has 0 unspecified atom stereocenters. The molecule has 18 heavy (non-hydrogen) atoms. The molecule has 0 aliphatic rings. The first-order chi connectivity index (χ1) is 8.45. The van der Waals surface area contributed by atoms with Gasteiger partial charge in [0, 0.05) is 12.3 Å². The number of benzene rings is 1. The summed E-state index contributed by atoms with van der Waals surface area (Å²) in [5, 5.41) is 0. The molecule has 0 amide bonds. The summed E-state index contributed by atoms with van der Waals surface area (Å²) in [6.45, 7) is 0. The number of nitrogens with two attached hydrogens (primary N) is 1. The van der Waals surface area contributed by atoms with Crippen LogP contribution in [0, 0.1) is 0 Å². The smallest absolute Gasteiger partial charge is 0.416 e. The van der Waals surface area contributed by atoms with Crippen LogP contribution in [0.4, 0.5) is 19.0 Å². The predicted molar refractivity (Wildman–Crippen MR) is 60.2 cm³/mol. The highest BCUT2D eigenvalue weighted by Crippen LogP contribution is 2.31. The number of alkyl halides is 3. The molecule has 3 nitrogen and oxygen atoms in total. The summed E-state index contributed by atoms with van der Waals surface area (Å²) in [6.07, 6.45) is -2.89. The van der Waals surface area contributed by atoms with Gasteiger partial charge in [0.2, 0.25) is 0 Å². The molecule has 2 aromatic rings. The van der Waals surface area contributed by atoms with Gasteiger partial charge in [-0.1, -0.05) is 0 Å². The average Bonchev–Trinajstić information content (AvgIpc) is 2.28. The van der Waals surface area contributed by atoms with Gasteiger partial charge in [0.15, 0.2) is 0 Å². The number of hydrogen-bond donors (Lipinski definition) is 1. The molecule has 0 saturated heterocycles. The fourth-order valence-electron chi connectivity index (χ4n) is 1.34. The first kappa shape index (κ1) is 12.2. The minimum Gasteiger partial charge on any atom is -0.457 e. The third-order valence-corrected chi connectivity index (χ3v) is 2.17. The van der Waals surface area contributed by atoms with Crippen molar-refractivity contribution in [2.45, 2.75) is 6.18 Å². The van der Waals surface area contributed by atoms with Gasteiger partial charge in [0.25, 0.3) is 0 Å². The number of anilines is 1. The second kappa shape index (κ2) is 4.56. The van der Waals surface area contributed by atoms with E-state index in [0.717, 1.165) is 12.1 Å². The van der Waals surface area contributed by atoms with E-state index in [9.17, 15) is 13.2 Å². The van der Waals surface area contributed by atoms with Crippen LogP contribution in [0.3, 0.4) is 0 Å². The maximum Gasteiger partial charge on any atom is 0.416 e. The van der Waals surface area contributed by atoms with E-state index >= 15 is 0 Å². The minimum atomic E-state index is -4.35. The summed E-state index contributed by atoms with van der Waals surface area (Å²) in [7, 11) is 0. The lowest BCUT2D eigenvalue weighted by Crippen LogP contribution is -2.04. The van der Waals surface area contributed by atoms with Gasteiger partial charge in [-0.3, -0.25) is 0 Å². The second-order valence-electron chi connectivity index (χ2n) is 3.54. The zero-order valence-corrected chi connectivity index (χ0v) is 9.11. The SMILES string of the molecule is Nc1cc(Oc2ccc(C(F)(F)F)cc2)ccn1. The summed E-state index contributed by atoms with van der Waals surface area (Å²) >= 11 is 0. The van der Waals surface area contributed by atoms with Crippen molar-refractivity contribution in [2.75, 3.05) is 5.73 Å². The quantitative estimate of drug-likeness (QED) is 0.892. The number of halogens is 3. The standard InChI is InChI=1S/C12H9F3N2O/c13-12(14,15)8-1-3-9(4-2-8)18-10-5-6-17-11(16)7-10/h1-7H,(H2,16,17). The van der Waals surface area contributed by atoms with E-state index in [-0.39, 0.29) is 5.82 Å². The van der Waals surface area contributed by atoms with Crippen LogP contribution >= 0.6 is 0 Å². The van der Waals surface area contributed by atoms with E-state index in [1.165, 1.54) is 24.4 Å². The zero-order chi connectivity index (χ0) is 13.2. The number of nitrogen functional groups attached to an aromatic ring is 1.